The molecule has 1 atom stereocenters. The van der Waals surface area contributed by atoms with Gasteiger partial charge in [-0.1, -0.05) is 0 Å². The van der Waals surface area contributed by atoms with Crippen LogP contribution in [0.5, 0.6) is 0 Å². The number of fused-ring (bicyclic) bond motifs is 2. The molecule has 0 saturated carbocycles. The zero-order valence-electron chi connectivity index (χ0n) is 15.7. The van der Waals surface area contributed by atoms with Crippen LogP contribution in [0, 0.1) is 6.92 Å². The van der Waals surface area contributed by atoms with E-state index in [1.54, 1.807) is 6.07 Å². The van der Waals surface area contributed by atoms with Gasteiger partial charge in [0.25, 0.3) is 5.91 Å². The maximum atomic E-state index is 12.8. The molecule has 2 saturated heterocycles. The number of nitrogens with zero attached hydrogens (tertiary/aromatic N) is 3. The maximum Gasteiger partial charge on any atom is 0.289 e. The van der Waals surface area contributed by atoms with Crippen molar-refractivity contribution in [2.45, 2.75) is 38.0 Å². The summed E-state index contributed by atoms with van der Waals surface area (Å²) in [5, 5.41) is 1.14. The molecule has 0 aromatic carbocycles. The molecule has 5 rings (SSSR count). The van der Waals surface area contributed by atoms with Crippen LogP contribution < -0.4 is 4.90 Å². The van der Waals surface area contributed by atoms with Crippen molar-refractivity contribution in [3.05, 3.63) is 34.2 Å². The number of anilines is 1. The number of rotatable bonds is 2. The molecule has 1 aliphatic carbocycles. The highest BCUT2D eigenvalue weighted by atomic mass is 32.1. The predicted octanol–water partition coefficient (Wildman–Crippen LogP) is 3.00. The topological polar surface area (TPSA) is 58.8 Å². The molecule has 2 aromatic heterocycles. The van der Waals surface area contributed by atoms with E-state index in [1.165, 1.54) is 17.0 Å². The van der Waals surface area contributed by atoms with E-state index in [4.69, 9.17) is 14.1 Å². The maximum absolute atomic E-state index is 12.8. The van der Waals surface area contributed by atoms with Gasteiger partial charge in [-0.3, -0.25) is 4.79 Å². The van der Waals surface area contributed by atoms with Crippen LogP contribution in [0.1, 0.15) is 46.1 Å². The van der Waals surface area contributed by atoms with Gasteiger partial charge in [-0.2, -0.15) is 0 Å². The molecule has 2 fully saturated rings. The largest absolute Gasteiger partial charge is 0.456 e. The van der Waals surface area contributed by atoms with Gasteiger partial charge in [0.15, 0.2) is 10.9 Å². The van der Waals surface area contributed by atoms with Crippen molar-refractivity contribution in [2.75, 3.05) is 44.3 Å². The molecule has 6 nitrogen and oxygen atoms in total. The normalized spacial score (nSPS) is 25.2. The summed E-state index contributed by atoms with van der Waals surface area (Å²) in [6.07, 6.45) is 4.41. The summed E-state index contributed by atoms with van der Waals surface area (Å²) in [4.78, 5) is 23.7. The van der Waals surface area contributed by atoms with Crippen LogP contribution in [-0.2, 0) is 16.6 Å². The van der Waals surface area contributed by atoms with Gasteiger partial charge < -0.3 is 19.0 Å². The molecule has 0 radical (unpaired) electrons. The van der Waals surface area contributed by atoms with Crippen LogP contribution in [-0.4, -0.2) is 55.2 Å². The Morgan fingerprint density at radius 2 is 2.07 bits per heavy atom. The molecule has 27 heavy (non-hydrogen) atoms. The Labute approximate surface area is 163 Å². The Kier molecular flexibility index (Phi) is 4.24. The van der Waals surface area contributed by atoms with Gasteiger partial charge in [0.05, 0.1) is 18.9 Å². The van der Waals surface area contributed by atoms with Gasteiger partial charge >= 0.3 is 0 Å². The first kappa shape index (κ1) is 17.3. The first-order valence-corrected chi connectivity index (χ1v) is 10.6. The Morgan fingerprint density at radius 3 is 2.85 bits per heavy atom. The van der Waals surface area contributed by atoms with Gasteiger partial charge in [0, 0.05) is 36.5 Å². The third-order valence-corrected chi connectivity index (χ3v) is 7.30. The Morgan fingerprint density at radius 1 is 1.22 bits per heavy atom. The number of hydrogen-bond acceptors (Lipinski definition) is 6. The number of likely N-dealkylation sites (tertiary alicyclic amines) is 1. The smallest absolute Gasteiger partial charge is 0.289 e. The van der Waals surface area contributed by atoms with Crippen molar-refractivity contribution in [2.24, 2.45) is 0 Å². The third-order valence-electron chi connectivity index (χ3n) is 6.12. The van der Waals surface area contributed by atoms with Crippen LogP contribution in [0.15, 0.2) is 16.5 Å². The number of amides is 1. The number of carbonyl (C=O) groups excluding carboxylic acids is 1. The highest BCUT2D eigenvalue weighted by molar-refractivity contribution is 7.15. The third kappa shape index (κ3) is 2.97. The first-order chi connectivity index (χ1) is 13.1. The Bertz CT molecular complexity index is 855. The van der Waals surface area contributed by atoms with E-state index in [9.17, 15) is 4.79 Å². The highest BCUT2D eigenvalue weighted by Gasteiger charge is 2.46. The SMILES string of the molecule is Cc1ccc(C(=O)N2CCC3(CCCc4sc(N5CCOCC5)nc43)C2)o1. The second-order valence-electron chi connectivity index (χ2n) is 7.89. The van der Waals surface area contributed by atoms with Crippen molar-refractivity contribution in [1.82, 2.24) is 9.88 Å². The minimum absolute atomic E-state index is 0.00994. The summed E-state index contributed by atoms with van der Waals surface area (Å²) in [6.45, 7) is 6.80. The molecule has 3 aliphatic rings. The van der Waals surface area contributed by atoms with Crippen molar-refractivity contribution in [3.63, 3.8) is 0 Å². The van der Waals surface area contributed by atoms with E-state index in [2.05, 4.69) is 4.90 Å². The van der Waals surface area contributed by atoms with E-state index in [0.29, 0.717) is 5.76 Å². The number of morpholine rings is 1. The van der Waals surface area contributed by atoms with Crippen LogP contribution in [0.25, 0.3) is 0 Å². The lowest BCUT2D eigenvalue weighted by Gasteiger charge is -2.32. The molecule has 1 amide bonds. The summed E-state index contributed by atoms with van der Waals surface area (Å²) in [6, 6.07) is 3.64. The number of hydrogen-bond donors (Lipinski definition) is 0. The van der Waals surface area contributed by atoms with Gasteiger partial charge in [-0.15, -0.1) is 11.3 Å². The van der Waals surface area contributed by atoms with Crippen LogP contribution in [0.4, 0.5) is 5.13 Å². The fraction of sp³-hybridized carbons (Fsp3) is 0.600. The van der Waals surface area contributed by atoms with Crippen LogP contribution in [0.3, 0.4) is 0 Å². The number of ether oxygens (including phenoxy) is 1. The van der Waals surface area contributed by atoms with Gasteiger partial charge in [-0.25, -0.2) is 4.98 Å². The molecule has 0 N–H and O–H groups in total. The fourth-order valence-electron chi connectivity index (χ4n) is 4.67. The number of furan rings is 1. The zero-order chi connectivity index (χ0) is 18.4. The van der Waals surface area contributed by atoms with E-state index in [1.807, 2.05) is 29.2 Å². The van der Waals surface area contributed by atoms with Crippen molar-refractivity contribution in [1.29, 1.82) is 0 Å². The fourth-order valence-corrected chi connectivity index (χ4v) is 5.94. The Balaban J connectivity index is 1.40. The molecule has 144 valence electrons. The second-order valence-corrected chi connectivity index (χ2v) is 8.95. The van der Waals surface area contributed by atoms with E-state index >= 15 is 0 Å². The molecule has 4 heterocycles. The van der Waals surface area contributed by atoms with Crippen molar-refractivity contribution < 1.29 is 13.9 Å². The quantitative estimate of drug-likeness (QED) is 0.793. The molecule has 7 heteroatoms. The minimum atomic E-state index is 0.00994. The van der Waals surface area contributed by atoms with Gasteiger partial charge in [0.1, 0.15) is 5.76 Å². The van der Waals surface area contributed by atoms with Crippen molar-refractivity contribution in [3.8, 4) is 0 Å². The standard InChI is InChI=1S/C20H25N3O3S/c1-14-4-5-15(26-14)18(24)23-8-7-20(13-23)6-2-3-16-17(20)21-19(27-16)22-9-11-25-12-10-22/h4-5H,2-3,6-13H2,1H3. The molecular formula is C20H25N3O3S. The number of carbonyl (C=O) groups is 1. The molecule has 0 bridgehead atoms. The van der Waals surface area contributed by atoms with Crippen molar-refractivity contribution >= 4 is 22.4 Å². The number of aryl methyl sites for hydroxylation is 2. The van der Waals surface area contributed by atoms with Gasteiger partial charge in [0.2, 0.25) is 0 Å². The summed E-state index contributed by atoms with van der Waals surface area (Å²) in [5.74, 6) is 1.24. The summed E-state index contributed by atoms with van der Waals surface area (Å²) in [7, 11) is 0. The number of thiazole rings is 1. The molecule has 2 aromatic rings. The highest BCUT2D eigenvalue weighted by Crippen LogP contribution is 2.47. The molecular weight excluding hydrogens is 362 g/mol. The number of aromatic nitrogens is 1. The molecule has 2 aliphatic heterocycles. The minimum Gasteiger partial charge on any atom is -0.456 e. The second kappa shape index (κ2) is 6.63. The molecule has 1 unspecified atom stereocenters. The Hall–Kier alpha value is -1.86. The van der Waals surface area contributed by atoms with Gasteiger partial charge in [-0.05, 0) is 44.7 Å². The first-order valence-electron chi connectivity index (χ1n) is 9.83. The summed E-state index contributed by atoms with van der Waals surface area (Å²) in [5.41, 5.74) is 1.28. The molecule has 1 spiro atoms. The zero-order valence-corrected chi connectivity index (χ0v) is 16.5. The monoisotopic (exact) mass is 387 g/mol. The van der Waals surface area contributed by atoms with E-state index in [0.717, 1.165) is 69.5 Å². The van der Waals surface area contributed by atoms with Crippen LogP contribution in [0.2, 0.25) is 0 Å². The predicted molar refractivity (Wildman–Crippen MR) is 104 cm³/mol. The summed E-state index contributed by atoms with van der Waals surface area (Å²) < 4.78 is 11.0. The summed E-state index contributed by atoms with van der Waals surface area (Å²) >= 11 is 1.85. The lowest BCUT2D eigenvalue weighted by atomic mass is 9.74. The average Bonchev–Trinajstić information content (AvgIpc) is 3.41. The van der Waals surface area contributed by atoms with Crippen LogP contribution >= 0.6 is 11.3 Å². The average molecular weight is 388 g/mol. The van der Waals surface area contributed by atoms with E-state index < -0.39 is 0 Å². The lowest BCUT2D eigenvalue weighted by molar-refractivity contribution is 0.0748. The van der Waals surface area contributed by atoms with E-state index in [-0.39, 0.29) is 11.3 Å². The lowest BCUT2D eigenvalue weighted by Crippen LogP contribution is -2.37.